The third kappa shape index (κ3) is 3.56. The van der Waals surface area contributed by atoms with Crippen LogP contribution in [-0.2, 0) is 4.79 Å². The summed E-state index contributed by atoms with van der Waals surface area (Å²) >= 11 is 0. The molecule has 0 spiro atoms. The molecule has 2 aliphatic heterocycles. The summed E-state index contributed by atoms with van der Waals surface area (Å²) in [4.78, 5) is 21.7. The minimum atomic E-state index is 0.102. The zero-order chi connectivity index (χ0) is 18.1. The molecular weight excluding hydrogens is 328 g/mol. The maximum atomic E-state index is 12.7. The fraction of sp³-hybridized carbons (Fsp3) is 0.600. The highest BCUT2D eigenvalue weighted by Gasteiger charge is 2.30. The van der Waals surface area contributed by atoms with Crippen molar-refractivity contribution >= 4 is 23.0 Å². The van der Waals surface area contributed by atoms with Gasteiger partial charge in [0.2, 0.25) is 5.91 Å². The Labute approximate surface area is 154 Å². The first-order chi connectivity index (χ1) is 12.6. The molecule has 26 heavy (non-hydrogen) atoms. The standard InChI is InChI=1S/C20H28N4O2/c1-14-13-16(9-10-23(14)2)21-19(25)15-7-11-24(12-8-15)20-22-17-5-3-4-6-18(17)26-20/h3-6,14-16H,7-13H2,1-2H3,(H,21,25). The maximum Gasteiger partial charge on any atom is 0.298 e. The van der Waals surface area contributed by atoms with Crippen molar-refractivity contribution in [1.82, 2.24) is 15.2 Å². The predicted octanol–water partition coefficient (Wildman–Crippen LogP) is 2.64. The summed E-state index contributed by atoms with van der Waals surface area (Å²) < 4.78 is 5.86. The second kappa shape index (κ2) is 7.27. The molecule has 1 aromatic carbocycles. The van der Waals surface area contributed by atoms with Crippen molar-refractivity contribution in [2.45, 2.75) is 44.7 Å². The second-order valence-electron chi connectivity index (χ2n) is 7.79. The van der Waals surface area contributed by atoms with E-state index in [2.05, 4.69) is 34.1 Å². The van der Waals surface area contributed by atoms with Crippen molar-refractivity contribution in [3.63, 3.8) is 0 Å². The van der Waals surface area contributed by atoms with Crippen LogP contribution in [0.15, 0.2) is 28.7 Å². The molecule has 0 radical (unpaired) electrons. The van der Waals surface area contributed by atoms with Gasteiger partial charge in [-0.05, 0) is 51.8 Å². The number of benzene rings is 1. The molecule has 140 valence electrons. The summed E-state index contributed by atoms with van der Waals surface area (Å²) in [5, 5.41) is 3.29. The molecule has 6 nitrogen and oxygen atoms in total. The third-order valence-corrected chi connectivity index (χ3v) is 5.97. The van der Waals surface area contributed by atoms with Gasteiger partial charge in [-0.15, -0.1) is 0 Å². The van der Waals surface area contributed by atoms with E-state index < -0.39 is 0 Å². The van der Waals surface area contributed by atoms with Crippen LogP contribution in [0.2, 0.25) is 0 Å². The normalized spacial score (nSPS) is 25.5. The Morgan fingerprint density at radius 2 is 1.96 bits per heavy atom. The Bertz CT molecular complexity index is 733. The van der Waals surface area contributed by atoms with E-state index in [0.29, 0.717) is 18.1 Å². The van der Waals surface area contributed by atoms with Gasteiger partial charge in [0.15, 0.2) is 5.58 Å². The molecule has 2 aliphatic rings. The van der Waals surface area contributed by atoms with Crippen molar-refractivity contribution in [3.05, 3.63) is 24.3 Å². The Hall–Kier alpha value is -2.08. The van der Waals surface area contributed by atoms with Crippen molar-refractivity contribution in [2.75, 3.05) is 31.6 Å². The molecule has 0 bridgehead atoms. The molecule has 6 heteroatoms. The number of hydrogen-bond acceptors (Lipinski definition) is 5. The minimum absolute atomic E-state index is 0.102. The van der Waals surface area contributed by atoms with Gasteiger partial charge in [0.1, 0.15) is 5.52 Å². The number of fused-ring (bicyclic) bond motifs is 1. The van der Waals surface area contributed by atoms with Gasteiger partial charge in [-0.25, -0.2) is 0 Å². The summed E-state index contributed by atoms with van der Waals surface area (Å²) in [6.07, 6.45) is 3.80. The van der Waals surface area contributed by atoms with Gasteiger partial charge in [-0.2, -0.15) is 4.98 Å². The summed E-state index contributed by atoms with van der Waals surface area (Å²) in [5.74, 6) is 0.328. The molecule has 2 atom stereocenters. The van der Waals surface area contributed by atoms with Crippen LogP contribution >= 0.6 is 0 Å². The molecule has 0 saturated carbocycles. The summed E-state index contributed by atoms with van der Waals surface area (Å²) in [7, 11) is 2.16. The van der Waals surface area contributed by atoms with Gasteiger partial charge in [-0.1, -0.05) is 12.1 Å². The van der Waals surface area contributed by atoms with Crippen molar-refractivity contribution in [1.29, 1.82) is 0 Å². The van der Waals surface area contributed by atoms with Crippen LogP contribution in [0.3, 0.4) is 0 Å². The first-order valence-electron chi connectivity index (χ1n) is 9.71. The van der Waals surface area contributed by atoms with Gasteiger partial charge < -0.3 is 19.5 Å². The summed E-state index contributed by atoms with van der Waals surface area (Å²) in [6, 6.07) is 9.36. The largest absolute Gasteiger partial charge is 0.423 e. The van der Waals surface area contributed by atoms with Crippen LogP contribution in [0.4, 0.5) is 6.01 Å². The number of nitrogens with zero attached hydrogens (tertiary/aromatic N) is 3. The molecule has 4 rings (SSSR count). The number of para-hydroxylation sites is 2. The number of carbonyl (C=O) groups is 1. The van der Waals surface area contributed by atoms with E-state index in [-0.39, 0.29) is 11.8 Å². The molecule has 0 aliphatic carbocycles. The van der Waals surface area contributed by atoms with Crippen LogP contribution in [0, 0.1) is 5.92 Å². The molecule has 1 N–H and O–H groups in total. The quantitative estimate of drug-likeness (QED) is 0.916. The molecule has 1 aromatic heterocycles. The number of rotatable bonds is 3. The lowest BCUT2D eigenvalue weighted by Gasteiger charge is -2.36. The Morgan fingerprint density at radius 1 is 1.19 bits per heavy atom. The van der Waals surface area contributed by atoms with E-state index in [4.69, 9.17) is 4.42 Å². The Kier molecular flexibility index (Phi) is 4.85. The summed E-state index contributed by atoms with van der Waals surface area (Å²) in [5.41, 5.74) is 1.71. The zero-order valence-corrected chi connectivity index (χ0v) is 15.6. The van der Waals surface area contributed by atoms with Crippen molar-refractivity contribution in [3.8, 4) is 0 Å². The number of likely N-dealkylation sites (tertiary alicyclic amines) is 1. The number of hydrogen-bond donors (Lipinski definition) is 1. The number of anilines is 1. The lowest BCUT2D eigenvalue weighted by molar-refractivity contribution is -0.126. The Morgan fingerprint density at radius 3 is 2.69 bits per heavy atom. The fourth-order valence-electron chi connectivity index (χ4n) is 4.07. The number of oxazole rings is 1. The number of nitrogens with one attached hydrogen (secondary N) is 1. The highest BCUT2D eigenvalue weighted by molar-refractivity contribution is 5.79. The van der Waals surface area contributed by atoms with Crippen LogP contribution in [0.25, 0.3) is 11.1 Å². The molecule has 2 aromatic rings. The molecule has 2 fully saturated rings. The third-order valence-electron chi connectivity index (χ3n) is 5.97. The summed E-state index contributed by atoms with van der Waals surface area (Å²) in [6.45, 7) is 4.92. The molecule has 2 unspecified atom stereocenters. The predicted molar refractivity (Wildman–Crippen MR) is 102 cm³/mol. The topological polar surface area (TPSA) is 61.6 Å². The maximum absolute atomic E-state index is 12.7. The Balaban J connectivity index is 1.31. The van der Waals surface area contributed by atoms with E-state index in [1.54, 1.807) is 0 Å². The average molecular weight is 356 g/mol. The molecular formula is C20H28N4O2. The number of piperidine rings is 2. The number of amides is 1. The van der Waals surface area contributed by atoms with Crippen LogP contribution < -0.4 is 10.2 Å². The average Bonchev–Trinajstić information content (AvgIpc) is 3.09. The molecule has 3 heterocycles. The molecule has 2 saturated heterocycles. The second-order valence-corrected chi connectivity index (χ2v) is 7.79. The van der Waals surface area contributed by atoms with Crippen molar-refractivity contribution < 1.29 is 9.21 Å². The smallest absolute Gasteiger partial charge is 0.298 e. The van der Waals surface area contributed by atoms with E-state index in [9.17, 15) is 4.79 Å². The number of carbonyl (C=O) groups excluding carboxylic acids is 1. The first kappa shape index (κ1) is 17.3. The van der Waals surface area contributed by atoms with Gasteiger partial charge in [-0.3, -0.25) is 4.79 Å². The van der Waals surface area contributed by atoms with Crippen molar-refractivity contribution in [2.24, 2.45) is 5.92 Å². The van der Waals surface area contributed by atoms with Crippen LogP contribution in [0.5, 0.6) is 0 Å². The van der Waals surface area contributed by atoms with Gasteiger partial charge in [0, 0.05) is 37.6 Å². The van der Waals surface area contributed by atoms with E-state index in [1.807, 2.05) is 24.3 Å². The highest BCUT2D eigenvalue weighted by Crippen LogP contribution is 2.26. The van der Waals surface area contributed by atoms with Crippen LogP contribution in [-0.4, -0.2) is 54.6 Å². The van der Waals surface area contributed by atoms with E-state index in [1.165, 1.54) is 0 Å². The minimum Gasteiger partial charge on any atom is -0.423 e. The highest BCUT2D eigenvalue weighted by atomic mass is 16.4. The van der Waals surface area contributed by atoms with E-state index >= 15 is 0 Å². The van der Waals surface area contributed by atoms with Crippen LogP contribution in [0.1, 0.15) is 32.6 Å². The number of aromatic nitrogens is 1. The van der Waals surface area contributed by atoms with Gasteiger partial charge in [0.05, 0.1) is 0 Å². The lowest BCUT2D eigenvalue weighted by atomic mass is 9.94. The molecule has 1 amide bonds. The fourth-order valence-corrected chi connectivity index (χ4v) is 4.07. The van der Waals surface area contributed by atoms with E-state index in [0.717, 1.165) is 56.4 Å². The van der Waals surface area contributed by atoms with Gasteiger partial charge in [0.25, 0.3) is 6.01 Å². The zero-order valence-electron chi connectivity index (χ0n) is 15.6. The first-order valence-corrected chi connectivity index (χ1v) is 9.71. The monoisotopic (exact) mass is 356 g/mol. The lowest BCUT2D eigenvalue weighted by Crippen LogP contribution is -2.49. The van der Waals surface area contributed by atoms with Gasteiger partial charge >= 0.3 is 0 Å². The SMILES string of the molecule is CC1CC(NC(=O)C2CCN(c3nc4ccccc4o3)CC2)CCN1C.